The predicted molar refractivity (Wildman–Crippen MR) is 57.6 cm³/mol. The van der Waals surface area contributed by atoms with Gasteiger partial charge in [-0.3, -0.25) is 4.79 Å². The number of hydrogen-bond acceptors (Lipinski definition) is 3. The first kappa shape index (κ1) is 10.9. The minimum absolute atomic E-state index is 0.187. The van der Waals surface area contributed by atoms with Gasteiger partial charge >= 0.3 is 0 Å². The molecular weight excluding hydrogens is 192 g/mol. The molecule has 2 fully saturated rings. The van der Waals surface area contributed by atoms with Crippen LogP contribution in [0.25, 0.3) is 0 Å². The van der Waals surface area contributed by atoms with Crippen molar-refractivity contribution < 1.29 is 9.53 Å². The molecule has 0 radical (unpaired) electrons. The van der Waals surface area contributed by atoms with Gasteiger partial charge in [-0.1, -0.05) is 0 Å². The van der Waals surface area contributed by atoms with Crippen LogP contribution in [0.3, 0.4) is 0 Å². The molecule has 1 saturated carbocycles. The van der Waals surface area contributed by atoms with Gasteiger partial charge in [0.1, 0.15) is 0 Å². The molecule has 1 aliphatic carbocycles. The Morgan fingerprint density at radius 2 is 2.27 bits per heavy atom. The van der Waals surface area contributed by atoms with Crippen LogP contribution in [0.1, 0.15) is 25.7 Å². The SMILES string of the molecule is O=C1CCC(CNCCOCC2CC2)N1. The fraction of sp³-hybridized carbons (Fsp3) is 0.909. The summed E-state index contributed by atoms with van der Waals surface area (Å²) in [4.78, 5) is 10.9. The lowest BCUT2D eigenvalue weighted by Gasteiger charge is -2.11. The van der Waals surface area contributed by atoms with E-state index in [1.165, 1.54) is 12.8 Å². The van der Waals surface area contributed by atoms with Crippen molar-refractivity contribution >= 4 is 5.91 Å². The van der Waals surface area contributed by atoms with Gasteiger partial charge in [0.25, 0.3) is 0 Å². The summed E-state index contributed by atoms with van der Waals surface area (Å²) in [7, 11) is 0. The smallest absolute Gasteiger partial charge is 0.220 e. The van der Waals surface area contributed by atoms with E-state index in [4.69, 9.17) is 4.74 Å². The number of carbonyl (C=O) groups is 1. The van der Waals surface area contributed by atoms with Crippen LogP contribution in [0, 0.1) is 5.92 Å². The van der Waals surface area contributed by atoms with Crippen molar-refractivity contribution in [1.29, 1.82) is 0 Å². The van der Waals surface area contributed by atoms with Gasteiger partial charge in [-0.25, -0.2) is 0 Å². The lowest BCUT2D eigenvalue weighted by Crippen LogP contribution is -2.36. The van der Waals surface area contributed by atoms with Gasteiger partial charge in [-0.2, -0.15) is 0 Å². The first-order valence-corrected chi connectivity index (χ1v) is 5.92. The van der Waals surface area contributed by atoms with Crippen LogP contribution in [-0.2, 0) is 9.53 Å². The largest absolute Gasteiger partial charge is 0.380 e. The first-order valence-electron chi connectivity index (χ1n) is 5.92. The third-order valence-electron chi connectivity index (χ3n) is 2.95. The molecule has 0 spiro atoms. The van der Waals surface area contributed by atoms with E-state index >= 15 is 0 Å². The molecule has 1 heterocycles. The van der Waals surface area contributed by atoms with Crippen molar-refractivity contribution in [3.05, 3.63) is 0 Å². The van der Waals surface area contributed by atoms with Crippen molar-refractivity contribution in [2.24, 2.45) is 5.92 Å². The van der Waals surface area contributed by atoms with Gasteiger partial charge in [0.2, 0.25) is 5.91 Å². The standard InChI is InChI=1S/C11H20N2O2/c14-11-4-3-10(13-11)7-12-5-6-15-8-9-1-2-9/h9-10,12H,1-8H2,(H,13,14). The van der Waals surface area contributed by atoms with Crippen molar-refractivity contribution in [3.63, 3.8) is 0 Å². The van der Waals surface area contributed by atoms with Crippen LogP contribution in [-0.4, -0.2) is 38.3 Å². The summed E-state index contributed by atoms with van der Waals surface area (Å²) in [5, 5.41) is 6.23. The number of carbonyl (C=O) groups excluding carboxylic acids is 1. The zero-order chi connectivity index (χ0) is 10.5. The summed E-state index contributed by atoms with van der Waals surface area (Å²) in [5.74, 6) is 1.03. The number of nitrogens with one attached hydrogen (secondary N) is 2. The van der Waals surface area contributed by atoms with Gasteiger partial charge in [0, 0.05) is 32.2 Å². The second-order valence-electron chi connectivity index (χ2n) is 4.53. The van der Waals surface area contributed by atoms with Crippen LogP contribution in [0.5, 0.6) is 0 Å². The Labute approximate surface area is 90.8 Å². The molecule has 1 aliphatic heterocycles. The Morgan fingerprint density at radius 1 is 1.40 bits per heavy atom. The van der Waals surface area contributed by atoms with Gasteiger partial charge in [0.05, 0.1) is 6.61 Å². The monoisotopic (exact) mass is 212 g/mol. The van der Waals surface area contributed by atoms with Crippen LogP contribution >= 0.6 is 0 Å². The predicted octanol–water partition coefficient (Wildman–Crippen LogP) is 0.281. The maximum atomic E-state index is 10.9. The molecule has 2 N–H and O–H groups in total. The molecular formula is C11H20N2O2. The second-order valence-corrected chi connectivity index (χ2v) is 4.53. The average Bonchev–Trinajstić information content (AvgIpc) is 2.95. The molecule has 4 nitrogen and oxygen atoms in total. The highest BCUT2D eigenvalue weighted by atomic mass is 16.5. The average molecular weight is 212 g/mol. The second kappa shape index (κ2) is 5.47. The van der Waals surface area contributed by atoms with E-state index in [1.807, 2.05) is 0 Å². The molecule has 0 aromatic carbocycles. The molecule has 1 atom stereocenters. The van der Waals surface area contributed by atoms with Gasteiger partial charge in [-0.05, 0) is 25.2 Å². The summed E-state index contributed by atoms with van der Waals surface area (Å²) < 4.78 is 5.49. The number of amides is 1. The molecule has 15 heavy (non-hydrogen) atoms. The third kappa shape index (κ3) is 4.18. The highest BCUT2D eigenvalue weighted by Gasteiger charge is 2.21. The van der Waals surface area contributed by atoms with Crippen LogP contribution < -0.4 is 10.6 Å². The van der Waals surface area contributed by atoms with Crippen LogP contribution in [0.4, 0.5) is 0 Å². The molecule has 2 aliphatic rings. The Bertz CT molecular complexity index is 217. The maximum Gasteiger partial charge on any atom is 0.220 e. The quantitative estimate of drug-likeness (QED) is 0.596. The number of hydrogen-bond donors (Lipinski definition) is 2. The molecule has 2 rings (SSSR count). The van der Waals surface area contributed by atoms with E-state index in [0.717, 1.165) is 38.6 Å². The van der Waals surface area contributed by atoms with Gasteiger partial charge in [-0.15, -0.1) is 0 Å². The van der Waals surface area contributed by atoms with Gasteiger partial charge < -0.3 is 15.4 Å². The summed E-state index contributed by atoms with van der Waals surface area (Å²) in [5.41, 5.74) is 0. The Balaban J connectivity index is 1.39. The third-order valence-corrected chi connectivity index (χ3v) is 2.95. The topological polar surface area (TPSA) is 50.4 Å². The lowest BCUT2D eigenvalue weighted by molar-refractivity contribution is -0.119. The highest BCUT2D eigenvalue weighted by molar-refractivity contribution is 5.78. The van der Waals surface area contributed by atoms with E-state index in [0.29, 0.717) is 12.5 Å². The Morgan fingerprint density at radius 3 is 2.93 bits per heavy atom. The van der Waals surface area contributed by atoms with Crippen molar-refractivity contribution in [3.8, 4) is 0 Å². The summed E-state index contributed by atoms with van der Waals surface area (Å²) >= 11 is 0. The molecule has 1 unspecified atom stereocenters. The normalized spacial score (nSPS) is 25.6. The van der Waals surface area contributed by atoms with E-state index in [1.54, 1.807) is 0 Å². The molecule has 0 aromatic rings. The van der Waals surface area contributed by atoms with E-state index in [9.17, 15) is 4.79 Å². The zero-order valence-electron chi connectivity index (χ0n) is 9.13. The Kier molecular flexibility index (Phi) is 3.97. The van der Waals surface area contributed by atoms with Crippen molar-refractivity contribution in [2.75, 3.05) is 26.3 Å². The van der Waals surface area contributed by atoms with Crippen LogP contribution in [0.15, 0.2) is 0 Å². The molecule has 86 valence electrons. The minimum Gasteiger partial charge on any atom is -0.380 e. The fourth-order valence-corrected chi connectivity index (χ4v) is 1.79. The molecule has 1 amide bonds. The zero-order valence-corrected chi connectivity index (χ0v) is 9.13. The number of ether oxygens (including phenoxy) is 1. The molecule has 0 bridgehead atoms. The molecule has 4 heteroatoms. The summed E-state index contributed by atoms with van der Waals surface area (Å²) in [6.45, 7) is 3.48. The Hall–Kier alpha value is -0.610. The minimum atomic E-state index is 0.187. The van der Waals surface area contributed by atoms with E-state index in [2.05, 4.69) is 10.6 Å². The summed E-state index contributed by atoms with van der Waals surface area (Å²) in [6.07, 6.45) is 4.35. The van der Waals surface area contributed by atoms with Crippen molar-refractivity contribution in [2.45, 2.75) is 31.7 Å². The molecule has 1 saturated heterocycles. The fourth-order valence-electron chi connectivity index (χ4n) is 1.79. The van der Waals surface area contributed by atoms with Crippen molar-refractivity contribution in [1.82, 2.24) is 10.6 Å². The summed E-state index contributed by atoms with van der Waals surface area (Å²) in [6, 6.07) is 0.334. The lowest BCUT2D eigenvalue weighted by atomic mass is 10.2. The first-order chi connectivity index (χ1) is 7.34. The van der Waals surface area contributed by atoms with E-state index < -0.39 is 0 Å². The molecule has 0 aromatic heterocycles. The van der Waals surface area contributed by atoms with Gasteiger partial charge in [0.15, 0.2) is 0 Å². The highest BCUT2D eigenvalue weighted by Crippen LogP contribution is 2.28. The number of rotatable bonds is 7. The van der Waals surface area contributed by atoms with Crippen LogP contribution in [0.2, 0.25) is 0 Å². The maximum absolute atomic E-state index is 10.9. The van der Waals surface area contributed by atoms with E-state index in [-0.39, 0.29) is 5.91 Å².